The van der Waals surface area contributed by atoms with Crippen molar-refractivity contribution in [1.82, 2.24) is 0 Å². The maximum absolute atomic E-state index is 14.2. The summed E-state index contributed by atoms with van der Waals surface area (Å²) in [6.45, 7) is -0.656. The number of aliphatic hydroxyl groups is 4. The minimum atomic E-state index is -1.70. The fraction of sp³-hybridized carbons (Fsp3) is 0.206. The number of amides is 1. The molecule has 4 aromatic carbocycles. The van der Waals surface area contributed by atoms with Crippen LogP contribution >= 0.6 is 11.6 Å². The maximum Gasteiger partial charge on any atom is 0.251 e. The van der Waals surface area contributed by atoms with E-state index >= 15 is 0 Å². The van der Waals surface area contributed by atoms with Crippen LogP contribution in [0.25, 0.3) is 0 Å². The topological polar surface area (TPSA) is 207 Å². The number of carbonyl (C=O) groups excluding carboxylic acids is 2. The molecular formula is C34H33ClN4O8. The average Bonchev–Trinajstić information content (AvgIpc) is 3.08. The zero-order chi connectivity index (χ0) is 33.7. The molecule has 1 fully saturated rings. The fourth-order valence-electron chi connectivity index (χ4n) is 5.11. The molecular weight excluding hydrogens is 628 g/mol. The molecule has 1 amide bonds. The van der Waals surface area contributed by atoms with Gasteiger partial charge in [0.2, 0.25) is 6.29 Å². The van der Waals surface area contributed by atoms with E-state index in [4.69, 9.17) is 32.2 Å². The zero-order valence-electron chi connectivity index (χ0n) is 24.8. The van der Waals surface area contributed by atoms with Crippen molar-refractivity contribution in [3.8, 4) is 5.75 Å². The van der Waals surface area contributed by atoms with Crippen LogP contribution in [0.1, 0.15) is 33.1 Å². The van der Waals surface area contributed by atoms with E-state index in [1.807, 2.05) is 0 Å². The van der Waals surface area contributed by atoms with Gasteiger partial charge in [0, 0.05) is 33.0 Å². The molecule has 244 valence electrons. The summed E-state index contributed by atoms with van der Waals surface area (Å²) in [4.78, 5) is 27.7. The highest BCUT2D eigenvalue weighted by atomic mass is 35.5. The lowest BCUT2D eigenvalue weighted by molar-refractivity contribution is -0.277. The van der Waals surface area contributed by atoms with Crippen LogP contribution in [0, 0.1) is 5.41 Å². The first-order valence-corrected chi connectivity index (χ1v) is 14.9. The van der Waals surface area contributed by atoms with Crippen molar-refractivity contribution in [1.29, 1.82) is 5.41 Å². The third-order valence-corrected chi connectivity index (χ3v) is 7.82. The number of ketones is 1. The summed E-state index contributed by atoms with van der Waals surface area (Å²) in [5.41, 5.74) is 7.48. The number of nitrogens with two attached hydrogens (primary N) is 1. The monoisotopic (exact) mass is 660 g/mol. The van der Waals surface area contributed by atoms with Gasteiger partial charge in [0.05, 0.1) is 12.3 Å². The molecule has 4 aromatic rings. The maximum atomic E-state index is 14.2. The summed E-state index contributed by atoms with van der Waals surface area (Å²) >= 11 is 6.25. The Morgan fingerprint density at radius 2 is 1.60 bits per heavy atom. The Hall–Kier alpha value is -4.82. The third-order valence-electron chi connectivity index (χ3n) is 7.59. The lowest BCUT2D eigenvalue weighted by Crippen LogP contribution is -2.60. The summed E-state index contributed by atoms with van der Waals surface area (Å²) in [7, 11) is 0. The van der Waals surface area contributed by atoms with Crippen molar-refractivity contribution < 1.29 is 39.5 Å². The normalized spacial score (nSPS) is 21.3. The molecule has 5 rings (SSSR count). The van der Waals surface area contributed by atoms with Gasteiger partial charge in [0.25, 0.3) is 5.91 Å². The van der Waals surface area contributed by atoms with E-state index in [9.17, 15) is 30.0 Å². The number of para-hydroxylation sites is 1. The Kier molecular flexibility index (Phi) is 10.5. The highest BCUT2D eigenvalue weighted by molar-refractivity contribution is 6.31. The predicted molar refractivity (Wildman–Crippen MR) is 175 cm³/mol. The average molecular weight is 661 g/mol. The fourth-order valence-corrected chi connectivity index (χ4v) is 5.28. The molecule has 6 unspecified atom stereocenters. The number of halogens is 1. The molecule has 0 aromatic heterocycles. The second-order valence-electron chi connectivity index (χ2n) is 10.8. The van der Waals surface area contributed by atoms with Gasteiger partial charge in [0.1, 0.15) is 42.0 Å². The van der Waals surface area contributed by atoms with Crippen LogP contribution in [-0.4, -0.2) is 75.3 Å². The van der Waals surface area contributed by atoms with E-state index in [1.165, 1.54) is 24.3 Å². The summed E-state index contributed by atoms with van der Waals surface area (Å²) < 4.78 is 11.5. The summed E-state index contributed by atoms with van der Waals surface area (Å²) in [6.07, 6.45) is -7.72. The molecule has 0 bridgehead atoms. The molecule has 13 heteroatoms. The molecule has 0 radical (unpaired) electrons. The van der Waals surface area contributed by atoms with Crippen LogP contribution in [0.4, 0.5) is 11.4 Å². The number of anilines is 2. The van der Waals surface area contributed by atoms with Crippen molar-refractivity contribution in [2.45, 2.75) is 36.7 Å². The molecule has 6 atom stereocenters. The lowest BCUT2D eigenvalue weighted by atomic mass is 9.99. The zero-order valence-corrected chi connectivity index (χ0v) is 25.5. The Balaban J connectivity index is 1.53. The third kappa shape index (κ3) is 7.60. The van der Waals surface area contributed by atoms with E-state index in [0.29, 0.717) is 16.8 Å². The number of hydrogen-bond acceptors (Lipinski definition) is 10. The molecule has 0 aliphatic carbocycles. The van der Waals surface area contributed by atoms with Crippen molar-refractivity contribution >= 4 is 40.5 Å². The van der Waals surface area contributed by atoms with Gasteiger partial charge in [0.15, 0.2) is 5.78 Å². The molecule has 0 spiro atoms. The Bertz CT molecular complexity index is 1760. The first-order chi connectivity index (χ1) is 22.6. The second-order valence-corrected chi connectivity index (χ2v) is 11.2. The quantitative estimate of drug-likeness (QED) is 0.0670. The number of ether oxygens (including phenoxy) is 2. The standard InChI is InChI=1S/C34H33ClN4O8/c35-20-13-14-24(23(16-20)28(41)18-7-2-1-3-8-18)39-33(45)27(38-21-10-6-9-19(15-21)32(36)37)22-11-4-5-12-25(22)46-34-31(44)30(43)29(42)26(17-40)47-34/h1-16,26-27,29-31,34,38,40,42-44H,17H2,(H3,36,37)(H,39,45). The van der Waals surface area contributed by atoms with Gasteiger partial charge in [-0.2, -0.15) is 0 Å². The Morgan fingerprint density at radius 3 is 2.32 bits per heavy atom. The molecule has 0 saturated carbocycles. The molecule has 1 saturated heterocycles. The number of amidine groups is 1. The van der Waals surface area contributed by atoms with E-state index < -0.39 is 49.3 Å². The van der Waals surface area contributed by atoms with Gasteiger partial charge in [-0.25, -0.2) is 0 Å². The van der Waals surface area contributed by atoms with Crippen molar-refractivity contribution in [3.63, 3.8) is 0 Å². The number of hydrogen-bond donors (Lipinski definition) is 8. The number of nitrogens with one attached hydrogen (secondary N) is 3. The van der Waals surface area contributed by atoms with E-state index in [0.717, 1.165) is 0 Å². The number of nitrogen functional groups attached to an aromatic ring is 1. The van der Waals surface area contributed by atoms with Crippen LogP contribution < -0.4 is 21.1 Å². The van der Waals surface area contributed by atoms with Crippen LogP contribution in [0.2, 0.25) is 5.02 Å². The first kappa shape index (κ1) is 33.5. The van der Waals surface area contributed by atoms with E-state index in [-0.39, 0.29) is 39.2 Å². The smallest absolute Gasteiger partial charge is 0.251 e. The van der Waals surface area contributed by atoms with Crippen molar-refractivity contribution in [3.05, 3.63) is 124 Å². The van der Waals surface area contributed by atoms with Gasteiger partial charge >= 0.3 is 0 Å². The Morgan fingerprint density at radius 1 is 0.894 bits per heavy atom. The molecule has 1 aliphatic heterocycles. The van der Waals surface area contributed by atoms with E-state index in [1.54, 1.807) is 72.8 Å². The molecule has 12 nitrogen and oxygen atoms in total. The first-order valence-electron chi connectivity index (χ1n) is 14.5. The lowest BCUT2D eigenvalue weighted by Gasteiger charge is -2.40. The van der Waals surface area contributed by atoms with Crippen molar-refractivity contribution in [2.75, 3.05) is 17.2 Å². The van der Waals surface area contributed by atoms with Gasteiger partial charge < -0.3 is 46.3 Å². The molecule has 9 N–H and O–H groups in total. The predicted octanol–water partition coefficient (Wildman–Crippen LogP) is 2.83. The highest BCUT2D eigenvalue weighted by Gasteiger charge is 2.45. The highest BCUT2D eigenvalue weighted by Crippen LogP contribution is 2.33. The molecule has 47 heavy (non-hydrogen) atoms. The van der Waals surface area contributed by atoms with Crippen LogP contribution in [-0.2, 0) is 9.53 Å². The van der Waals surface area contributed by atoms with Gasteiger partial charge in [-0.15, -0.1) is 0 Å². The SMILES string of the molecule is N=C(N)c1cccc(NC(C(=O)Nc2ccc(Cl)cc2C(=O)c2ccccc2)c2ccccc2OC2OC(CO)C(O)C(O)C2O)c1. The minimum Gasteiger partial charge on any atom is -0.462 e. The number of carbonyl (C=O) groups is 2. The van der Waals surface area contributed by atoms with Crippen LogP contribution in [0.3, 0.4) is 0 Å². The summed E-state index contributed by atoms with van der Waals surface area (Å²) in [5, 5.41) is 54.8. The molecule has 1 heterocycles. The largest absolute Gasteiger partial charge is 0.462 e. The van der Waals surface area contributed by atoms with Gasteiger partial charge in [-0.3, -0.25) is 15.0 Å². The summed E-state index contributed by atoms with van der Waals surface area (Å²) in [5.74, 6) is -1.13. The Labute approximate surface area is 274 Å². The number of benzene rings is 4. The van der Waals surface area contributed by atoms with Crippen LogP contribution in [0.5, 0.6) is 5.75 Å². The number of aliphatic hydroxyl groups excluding tert-OH is 4. The molecule has 1 aliphatic rings. The summed E-state index contributed by atoms with van der Waals surface area (Å²) in [6, 6.07) is 24.7. The van der Waals surface area contributed by atoms with E-state index in [2.05, 4.69) is 10.6 Å². The second kappa shape index (κ2) is 14.7. The minimum absolute atomic E-state index is 0.0592. The van der Waals surface area contributed by atoms with Crippen molar-refractivity contribution in [2.24, 2.45) is 5.73 Å². The van der Waals surface area contributed by atoms with Gasteiger partial charge in [-0.1, -0.05) is 72.3 Å². The van der Waals surface area contributed by atoms with Gasteiger partial charge in [-0.05, 0) is 36.4 Å². The number of rotatable bonds is 11. The van der Waals surface area contributed by atoms with Crippen LogP contribution in [0.15, 0.2) is 97.1 Å².